The molecule has 1 aliphatic carbocycles. The Morgan fingerprint density at radius 2 is 1.88 bits per heavy atom. The Hall–Kier alpha value is -0.780. The van der Waals surface area contributed by atoms with Gasteiger partial charge < -0.3 is 0 Å². The van der Waals surface area contributed by atoms with E-state index in [1.807, 2.05) is 0 Å². The zero-order chi connectivity index (χ0) is 11.7. The molecule has 0 bridgehead atoms. The molecule has 0 nitrogen and oxygen atoms in total. The molecule has 0 heteroatoms. The van der Waals surface area contributed by atoms with E-state index < -0.39 is 0 Å². The van der Waals surface area contributed by atoms with E-state index in [9.17, 15) is 0 Å². The number of hydrogen-bond acceptors (Lipinski definition) is 0. The fraction of sp³-hybridized carbons (Fsp3) is 0.625. The Bertz CT molecular complexity index is 386. The third-order valence-corrected chi connectivity index (χ3v) is 3.96. The molecule has 0 aliphatic heterocycles. The standard InChI is InChI=1S/C16H24/c1-5-12-10-13-8-7-9-15(13)16(11(3)4)14(12)6-2/h10-11H,5-9H2,1-4H3. The topological polar surface area (TPSA) is 0 Å². The van der Waals surface area contributed by atoms with Crippen LogP contribution in [0, 0.1) is 0 Å². The van der Waals surface area contributed by atoms with Crippen molar-refractivity contribution < 1.29 is 0 Å². The smallest absolute Gasteiger partial charge is 0.0213 e. The van der Waals surface area contributed by atoms with Crippen LogP contribution in [0.5, 0.6) is 0 Å². The minimum Gasteiger partial charge on any atom is -0.0613 e. The van der Waals surface area contributed by atoms with E-state index in [0.717, 1.165) is 0 Å². The van der Waals surface area contributed by atoms with Gasteiger partial charge in [0.2, 0.25) is 0 Å². The third kappa shape index (κ3) is 1.79. The quantitative estimate of drug-likeness (QED) is 0.701. The summed E-state index contributed by atoms with van der Waals surface area (Å²) in [5.41, 5.74) is 8.29. The van der Waals surface area contributed by atoms with Gasteiger partial charge in [0.15, 0.2) is 0 Å². The maximum absolute atomic E-state index is 2.49. The first-order valence-electron chi connectivity index (χ1n) is 6.85. The van der Waals surface area contributed by atoms with Crippen LogP contribution in [0.15, 0.2) is 6.07 Å². The van der Waals surface area contributed by atoms with E-state index in [1.165, 1.54) is 32.1 Å². The van der Waals surface area contributed by atoms with Crippen LogP contribution in [0.1, 0.15) is 67.9 Å². The van der Waals surface area contributed by atoms with Gasteiger partial charge in [0.1, 0.15) is 0 Å². The second kappa shape index (κ2) is 4.61. The summed E-state index contributed by atoms with van der Waals surface area (Å²) < 4.78 is 0. The van der Waals surface area contributed by atoms with Gasteiger partial charge in [-0.2, -0.15) is 0 Å². The molecule has 0 radical (unpaired) electrons. The molecule has 16 heavy (non-hydrogen) atoms. The predicted octanol–water partition coefficient (Wildman–Crippen LogP) is 4.42. The lowest BCUT2D eigenvalue weighted by molar-refractivity contribution is 0.812. The van der Waals surface area contributed by atoms with E-state index in [1.54, 1.807) is 27.8 Å². The van der Waals surface area contributed by atoms with E-state index in [2.05, 4.69) is 33.8 Å². The predicted molar refractivity (Wildman–Crippen MR) is 71.3 cm³/mol. The number of benzene rings is 1. The number of fused-ring (bicyclic) bond motifs is 1. The maximum atomic E-state index is 2.49. The van der Waals surface area contributed by atoms with Gasteiger partial charge in [0.05, 0.1) is 0 Å². The van der Waals surface area contributed by atoms with Crippen LogP contribution in [0.3, 0.4) is 0 Å². The van der Waals surface area contributed by atoms with Gasteiger partial charge in [-0.3, -0.25) is 0 Å². The van der Waals surface area contributed by atoms with Crippen molar-refractivity contribution in [2.75, 3.05) is 0 Å². The summed E-state index contributed by atoms with van der Waals surface area (Å²) in [4.78, 5) is 0. The molecule has 2 rings (SSSR count). The Kier molecular flexibility index (Phi) is 3.37. The third-order valence-electron chi connectivity index (χ3n) is 3.96. The molecule has 0 heterocycles. The van der Waals surface area contributed by atoms with Crippen molar-refractivity contribution in [3.05, 3.63) is 33.9 Å². The molecule has 1 aromatic carbocycles. The van der Waals surface area contributed by atoms with Crippen LogP contribution < -0.4 is 0 Å². The molecule has 0 saturated heterocycles. The Labute approximate surface area is 100 Å². The summed E-state index contributed by atoms with van der Waals surface area (Å²) in [7, 11) is 0. The highest BCUT2D eigenvalue weighted by atomic mass is 14.3. The zero-order valence-corrected chi connectivity index (χ0v) is 11.2. The Morgan fingerprint density at radius 3 is 2.44 bits per heavy atom. The molecule has 0 aromatic heterocycles. The highest BCUT2D eigenvalue weighted by Gasteiger charge is 2.21. The van der Waals surface area contributed by atoms with Crippen molar-refractivity contribution in [1.82, 2.24) is 0 Å². The van der Waals surface area contributed by atoms with Crippen molar-refractivity contribution >= 4 is 0 Å². The molecule has 0 spiro atoms. The summed E-state index contributed by atoms with van der Waals surface area (Å²) in [6.45, 7) is 9.31. The van der Waals surface area contributed by atoms with Crippen LogP contribution in [-0.2, 0) is 25.7 Å². The molecule has 0 fully saturated rings. The summed E-state index contributed by atoms with van der Waals surface area (Å²) >= 11 is 0. The fourth-order valence-electron chi connectivity index (χ4n) is 3.32. The lowest BCUT2D eigenvalue weighted by Gasteiger charge is -2.20. The van der Waals surface area contributed by atoms with Gasteiger partial charge in [-0.1, -0.05) is 33.8 Å². The molecular formula is C16H24. The van der Waals surface area contributed by atoms with Gasteiger partial charge in [-0.05, 0) is 65.8 Å². The summed E-state index contributed by atoms with van der Waals surface area (Å²) in [5.74, 6) is 0.688. The van der Waals surface area contributed by atoms with Crippen molar-refractivity contribution in [3.63, 3.8) is 0 Å². The lowest BCUT2D eigenvalue weighted by atomic mass is 9.85. The van der Waals surface area contributed by atoms with Crippen LogP contribution in [0.2, 0.25) is 0 Å². The van der Waals surface area contributed by atoms with E-state index in [4.69, 9.17) is 0 Å². The number of hydrogen-bond donors (Lipinski definition) is 0. The molecule has 88 valence electrons. The van der Waals surface area contributed by atoms with E-state index >= 15 is 0 Å². The first-order valence-corrected chi connectivity index (χ1v) is 6.85. The average Bonchev–Trinajstić information content (AvgIpc) is 2.73. The molecule has 0 unspecified atom stereocenters. The zero-order valence-electron chi connectivity index (χ0n) is 11.2. The highest BCUT2D eigenvalue weighted by molar-refractivity contribution is 5.49. The summed E-state index contributed by atoms with van der Waals surface area (Å²) in [6, 6.07) is 2.49. The second-order valence-corrected chi connectivity index (χ2v) is 5.28. The van der Waals surface area contributed by atoms with Crippen molar-refractivity contribution in [2.24, 2.45) is 0 Å². The van der Waals surface area contributed by atoms with Crippen molar-refractivity contribution in [3.8, 4) is 0 Å². The Morgan fingerprint density at radius 1 is 1.12 bits per heavy atom. The monoisotopic (exact) mass is 216 g/mol. The molecular weight excluding hydrogens is 192 g/mol. The SMILES string of the molecule is CCc1cc2c(c(C(C)C)c1CC)CCC2. The molecule has 0 amide bonds. The number of aryl methyl sites for hydroxylation is 2. The summed E-state index contributed by atoms with van der Waals surface area (Å²) in [6.07, 6.45) is 6.39. The van der Waals surface area contributed by atoms with Crippen molar-refractivity contribution in [1.29, 1.82) is 0 Å². The largest absolute Gasteiger partial charge is 0.0613 e. The molecule has 0 saturated carbocycles. The minimum absolute atomic E-state index is 0.688. The molecule has 0 atom stereocenters. The van der Waals surface area contributed by atoms with Crippen LogP contribution in [-0.4, -0.2) is 0 Å². The van der Waals surface area contributed by atoms with Gasteiger partial charge in [0, 0.05) is 0 Å². The average molecular weight is 216 g/mol. The van der Waals surface area contributed by atoms with Crippen LogP contribution in [0.25, 0.3) is 0 Å². The van der Waals surface area contributed by atoms with E-state index in [-0.39, 0.29) is 0 Å². The summed E-state index contributed by atoms with van der Waals surface area (Å²) in [5, 5.41) is 0. The minimum atomic E-state index is 0.688. The first kappa shape index (κ1) is 11.7. The van der Waals surface area contributed by atoms with Crippen molar-refractivity contribution in [2.45, 2.75) is 65.7 Å². The van der Waals surface area contributed by atoms with Crippen LogP contribution in [0.4, 0.5) is 0 Å². The van der Waals surface area contributed by atoms with Gasteiger partial charge in [-0.25, -0.2) is 0 Å². The molecule has 0 N–H and O–H groups in total. The fourth-order valence-corrected chi connectivity index (χ4v) is 3.32. The normalized spacial score (nSPS) is 14.6. The van der Waals surface area contributed by atoms with Gasteiger partial charge in [0.25, 0.3) is 0 Å². The van der Waals surface area contributed by atoms with E-state index in [0.29, 0.717) is 5.92 Å². The van der Waals surface area contributed by atoms with Gasteiger partial charge in [-0.15, -0.1) is 0 Å². The first-order chi connectivity index (χ1) is 7.69. The number of rotatable bonds is 3. The van der Waals surface area contributed by atoms with Crippen LogP contribution >= 0.6 is 0 Å². The second-order valence-electron chi connectivity index (χ2n) is 5.28. The molecule has 1 aromatic rings. The maximum Gasteiger partial charge on any atom is -0.0213 e. The highest BCUT2D eigenvalue weighted by Crippen LogP contribution is 2.35. The molecule has 1 aliphatic rings. The lowest BCUT2D eigenvalue weighted by Crippen LogP contribution is -2.05. The Balaban J connectivity index is 2.65. The van der Waals surface area contributed by atoms with Gasteiger partial charge >= 0.3 is 0 Å².